The predicted octanol–water partition coefficient (Wildman–Crippen LogP) is 4.04. The van der Waals surface area contributed by atoms with Crippen molar-refractivity contribution < 1.29 is 4.52 Å². The number of aromatic nitrogens is 2. The Labute approximate surface area is 135 Å². The molecule has 1 aromatic heterocycles. The fourth-order valence-electron chi connectivity index (χ4n) is 3.09. The van der Waals surface area contributed by atoms with Crippen LogP contribution in [0.25, 0.3) is 22.2 Å². The number of benzene rings is 2. The molecule has 0 radical (unpaired) electrons. The Bertz CT molecular complexity index is 793. The molecular formula is C17H18ClN3O. The number of hydrogen-bond acceptors (Lipinski definition) is 4. The van der Waals surface area contributed by atoms with E-state index in [4.69, 9.17) is 10.3 Å². The van der Waals surface area contributed by atoms with E-state index in [9.17, 15) is 0 Å². The standard InChI is InChI=1S/C17H17N3O.ClH/c18-17(9-3-4-10-17)16-19-15(21-20-16)14-8-7-12-5-1-2-6-13(12)11-14;/h1-2,5-8,11H,3-4,9-10,18H2;1H. The maximum Gasteiger partial charge on any atom is 0.258 e. The third kappa shape index (κ3) is 2.49. The van der Waals surface area contributed by atoms with Crippen LogP contribution in [0, 0.1) is 0 Å². The molecule has 1 heterocycles. The lowest BCUT2D eigenvalue weighted by Gasteiger charge is -2.17. The van der Waals surface area contributed by atoms with Gasteiger partial charge in [-0.3, -0.25) is 0 Å². The first-order valence-electron chi connectivity index (χ1n) is 7.37. The highest BCUT2D eigenvalue weighted by molar-refractivity contribution is 5.86. The Morgan fingerprint density at radius 3 is 2.50 bits per heavy atom. The number of fused-ring (bicyclic) bond motifs is 1. The van der Waals surface area contributed by atoms with Crippen molar-refractivity contribution in [1.82, 2.24) is 10.1 Å². The third-order valence-electron chi connectivity index (χ3n) is 4.36. The molecule has 3 aromatic rings. The van der Waals surface area contributed by atoms with Crippen LogP contribution in [-0.4, -0.2) is 10.1 Å². The normalized spacial score (nSPS) is 16.6. The molecule has 1 aliphatic rings. The first-order chi connectivity index (χ1) is 10.2. The SMILES string of the molecule is Cl.NC1(c2noc(-c3ccc4ccccc4c3)n2)CCCC1. The zero-order chi connectivity index (χ0) is 14.3. The van der Waals surface area contributed by atoms with Gasteiger partial charge >= 0.3 is 0 Å². The molecule has 2 aromatic carbocycles. The van der Waals surface area contributed by atoms with Gasteiger partial charge in [0.05, 0.1) is 5.54 Å². The van der Waals surface area contributed by atoms with E-state index in [0.717, 1.165) is 36.6 Å². The number of halogens is 1. The van der Waals surface area contributed by atoms with E-state index >= 15 is 0 Å². The Hall–Kier alpha value is -1.91. The zero-order valence-corrected chi connectivity index (χ0v) is 13.0. The number of rotatable bonds is 2. The summed E-state index contributed by atoms with van der Waals surface area (Å²) >= 11 is 0. The van der Waals surface area contributed by atoms with Gasteiger partial charge < -0.3 is 10.3 Å². The van der Waals surface area contributed by atoms with E-state index < -0.39 is 5.54 Å². The second kappa shape index (κ2) is 5.71. The Morgan fingerprint density at radius 2 is 1.73 bits per heavy atom. The number of hydrogen-bond donors (Lipinski definition) is 1. The lowest BCUT2D eigenvalue weighted by molar-refractivity contribution is 0.372. The minimum Gasteiger partial charge on any atom is -0.334 e. The van der Waals surface area contributed by atoms with Crippen molar-refractivity contribution in [3.63, 3.8) is 0 Å². The molecule has 0 bridgehead atoms. The molecule has 4 rings (SSSR count). The summed E-state index contributed by atoms with van der Waals surface area (Å²) in [5.74, 6) is 1.19. The maximum absolute atomic E-state index is 6.38. The van der Waals surface area contributed by atoms with Gasteiger partial charge in [-0.25, -0.2) is 0 Å². The molecule has 0 amide bonds. The van der Waals surface area contributed by atoms with Crippen LogP contribution >= 0.6 is 12.4 Å². The maximum atomic E-state index is 6.38. The summed E-state index contributed by atoms with van der Waals surface area (Å²) in [7, 11) is 0. The molecule has 0 atom stereocenters. The summed E-state index contributed by atoms with van der Waals surface area (Å²) < 4.78 is 5.44. The minimum atomic E-state index is -0.404. The smallest absolute Gasteiger partial charge is 0.258 e. The fraction of sp³-hybridized carbons (Fsp3) is 0.294. The molecule has 0 unspecified atom stereocenters. The van der Waals surface area contributed by atoms with Gasteiger partial charge in [-0.1, -0.05) is 48.3 Å². The van der Waals surface area contributed by atoms with Crippen LogP contribution in [0.5, 0.6) is 0 Å². The summed E-state index contributed by atoms with van der Waals surface area (Å²) in [4.78, 5) is 4.54. The molecular weight excluding hydrogens is 298 g/mol. The van der Waals surface area contributed by atoms with Crippen LogP contribution in [-0.2, 0) is 5.54 Å². The lowest BCUT2D eigenvalue weighted by atomic mass is 9.98. The first-order valence-corrected chi connectivity index (χ1v) is 7.37. The molecule has 0 aliphatic heterocycles. The molecule has 1 saturated carbocycles. The fourth-order valence-corrected chi connectivity index (χ4v) is 3.09. The van der Waals surface area contributed by atoms with Crippen molar-refractivity contribution in [3.8, 4) is 11.5 Å². The predicted molar refractivity (Wildman–Crippen MR) is 88.8 cm³/mol. The van der Waals surface area contributed by atoms with Gasteiger partial charge in [0.15, 0.2) is 5.82 Å². The van der Waals surface area contributed by atoms with Gasteiger partial charge in [-0.2, -0.15) is 4.98 Å². The van der Waals surface area contributed by atoms with E-state index in [-0.39, 0.29) is 12.4 Å². The van der Waals surface area contributed by atoms with Crippen LogP contribution in [0.2, 0.25) is 0 Å². The van der Waals surface area contributed by atoms with Crippen LogP contribution in [0.15, 0.2) is 47.0 Å². The molecule has 2 N–H and O–H groups in total. The monoisotopic (exact) mass is 315 g/mol. The van der Waals surface area contributed by atoms with Crippen molar-refractivity contribution in [3.05, 3.63) is 48.3 Å². The molecule has 0 spiro atoms. The average molecular weight is 316 g/mol. The quantitative estimate of drug-likeness (QED) is 0.775. The molecule has 4 nitrogen and oxygen atoms in total. The number of nitrogens with two attached hydrogens (primary N) is 1. The van der Waals surface area contributed by atoms with Gasteiger partial charge in [-0.05, 0) is 35.7 Å². The third-order valence-corrected chi connectivity index (χ3v) is 4.36. The van der Waals surface area contributed by atoms with E-state index in [1.165, 1.54) is 5.39 Å². The average Bonchev–Trinajstić information content (AvgIpc) is 3.17. The van der Waals surface area contributed by atoms with Crippen molar-refractivity contribution in [2.45, 2.75) is 31.2 Å². The number of nitrogens with zero attached hydrogens (tertiary/aromatic N) is 2. The summed E-state index contributed by atoms with van der Waals surface area (Å²) in [5.41, 5.74) is 6.91. The highest BCUT2D eigenvalue weighted by Gasteiger charge is 2.36. The van der Waals surface area contributed by atoms with Crippen molar-refractivity contribution in [2.75, 3.05) is 0 Å². The van der Waals surface area contributed by atoms with E-state index in [1.54, 1.807) is 0 Å². The highest BCUT2D eigenvalue weighted by atomic mass is 35.5. The van der Waals surface area contributed by atoms with Crippen molar-refractivity contribution in [1.29, 1.82) is 0 Å². The van der Waals surface area contributed by atoms with Crippen LogP contribution in [0.1, 0.15) is 31.5 Å². The van der Waals surface area contributed by atoms with Gasteiger partial charge in [0.2, 0.25) is 0 Å². The first kappa shape index (κ1) is 15.0. The summed E-state index contributed by atoms with van der Waals surface area (Å²) in [6, 6.07) is 14.4. The van der Waals surface area contributed by atoms with E-state index in [2.05, 4.69) is 34.4 Å². The second-order valence-electron chi connectivity index (χ2n) is 5.85. The molecule has 0 saturated heterocycles. The molecule has 114 valence electrons. The van der Waals surface area contributed by atoms with Crippen molar-refractivity contribution >= 4 is 23.2 Å². The van der Waals surface area contributed by atoms with E-state index in [1.807, 2.05) is 18.2 Å². The summed E-state index contributed by atoms with van der Waals surface area (Å²) in [5, 5.41) is 6.48. The lowest BCUT2D eigenvalue weighted by Crippen LogP contribution is -2.34. The van der Waals surface area contributed by atoms with Crippen molar-refractivity contribution in [2.24, 2.45) is 5.73 Å². The van der Waals surface area contributed by atoms with Gasteiger partial charge in [-0.15, -0.1) is 12.4 Å². The Morgan fingerprint density at radius 1 is 1.00 bits per heavy atom. The Balaban J connectivity index is 0.00000144. The highest BCUT2D eigenvalue weighted by Crippen LogP contribution is 2.35. The molecule has 5 heteroatoms. The molecule has 22 heavy (non-hydrogen) atoms. The van der Waals surface area contributed by atoms with Gasteiger partial charge in [0.25, 0.3) is 5.89 Å². The van der Waals surface area contributed by atoms with Crippen LogP contribution in [0.4, 0.5) is 0 Å². The topological polar surface area (TPSA) is 64.9 Å². The summed E-state index contributed by atoms with van der Waals surface area (Å²) in [6.07, 6.45) is 4.14. The van der Waals surface area contributed by atoms with Crippen LogP contribution in [0.3, 0.4) is 0 Å². The Kier molecular flexibility index (Phi) is 3.89. The summed E-state index contributed by atoms with van der Waals surface area (Å²) in [6.45, 7) is 0. The van der Waals surface area contributed by atoms with Gasteiger partial charge in [0, 0.05) is 5.56 Å². The van der Waals surface area contributed by atoms with Gasteiger partial charge in [0.1, 0.15) is 0 Å². The largest absolute Gasteiger partial charge is 0.334 e. The van der Waals surface area contributed by atoms with Crippen LogP contribution < -0.4 is 5.73 Å². The minimum absolute atomic E-state index is 0. The van der Waals surface area contributed by atoms with E-state index in [0.29, 0.717) is 11.7 Å². The molecule has 1 fully saturated rings. The molecule has 1 aliphatic carbocycles. The second-order valence-corrected chi connectivity index (χ2v) is 5.85. The zero-order valence-electron chi connectivity index (χ0n) is 12.2.